The molecule has 0 saturated heterocycles. The maximum absolute atomic E-state index is 12.0. The van der Waals surface area contributed by atoms with Crippen molar-refractivity contribution in [2.75, 3.05) is 5.75 Å². The Labute approximate surface area is 117 Å². The summed E-state index contributed by atoms with van der Waals surface area (Å²) in [5.74, 6) is 0.196. The molecular formula is C15H25NO2S. The van der Waals surface area contributed by atoms with Crippen LogP contribution in [0.3, 0.4) is 0 Å². The van der Waals surface area contributed by atoms with Gasteiger partial charge in [-0.2, -0.15) is 0 Å². The van der Waals surface area contributed by atoms with Crippen LogP contribution in [0.1, 0.15) is 52.1 Å². The second-order valence-electron chi connectivity index (χ2n) is 6.23. The first-order valence-electron chi connectivity index (χ1n) is 6.75. The van der Waals surface area contributed by atoms with E-state index in [0.717, 1.165) is 12.0 Å². The lowest BCUT2D eigenvalue weighted by atomic mass is 9.91. The first kappa shape index (κ1) is 16.2. The summed E-state index contributed by atoms with van der Waals surface area (Å²) >= 11 is 0. The summed E-state index contributed by atoms with van der Waals surface area (Å²) in [5, 5.41) is 0. The van der Waals surface area contributed by atoms with E-state index in [1.54, 1.807) is 0 Å². The average molecular weight is 283 g/mol. The van der Waals surface area contributed by atoms with Crippen molar-refractivity contribution in [3.05, 3.63) is 35.9 Å². The van der Waals surface area contributed by atoms with Gasteiger partial charge in [0.25, 0.3) is 0 Å². The normalized spacial score (nSPS) is 14.3. The molecule has 0 saturated carbocycles. The molecular weight excluding hydrogens is 258 g/mol. The molecule has 0 aromatic heterocycles. The number of hydrogen-bond acceptors (Lipinski definition) is 2. The molecule has 0 amide bonds. The molecule has 0 unspecified atom stereocenters. The van der Waals surface area contributed by atoms with Crippen LogP contribution in [-0.4, -0.2) is 14.2 Å². The van der Waals surface area contributed by atoms with Gasteiger partial charge < -0.3 is 0 Å². The number of hydrogen-bond donors (Lipinski definition) is 1. The van der Waals surface area contributed by atoms with Gasteiger partial charge in [0.2, 0.25) is 10.0 Å². The largest absolute Gasteiger partial charge is 0.212 e. The molecule has 3 nitrogen and oxygen atoms in total. The van der Waals surface area contributed by atoms with Crippen molar-refractivity contribution in [2.24, 2.45) is 5.41 Å². The third-order valence-corrected chi connectivity index (χ3v) is 4.53. The van der Waals surface area contributed by atoms with E-state index in [4.69, 9.17) is 0 Å². The van der Waals surface area contributed by atoms with Gasteiger partial charge in [0.1, 0.15) is 0 Å². The van der Waals surface area contributed by atoms with E-state index in [0.29, 0.717) is 6.42 Å². The van der Waals surface area contributed by atoms with Crippen LogP contribution in [0.15, 0.2) is 30.3 Å². The lowest BCUT2D eigenvalue weighted by Gasteiger charge is -2.19. The Bertz CT molecular complexity index is 475. The van der Waals surface area contributed by atoms with E-state index in [-0.39, 0.29) is 17.2 Å². The average Bonchev–Trinajstić information content (AvgIpc) is 2.27. The Morgan fingerprint density at radius 3 is 2.26 bits per heavy atom. The van der Waals surface area contributed by atoms with Crippen molar-refractivity contribution in [1.82, 2.24) is 4.72 Å². The Morgan fingerprint density at radius 1 is 1.16 bits per heavy atom. The zero-order chi connectivity index (χ0) is 14.5. The first-order chi connectivity index (χ1) is 8.70. The predicted octanol–water partition coefficient (Wildman–Crippen LogP) is 3.49. The van der Waals surface area contributed by atoms with Gasteiger partial charge in [-0.3, -0.25) is 0 Å². The second kappa shape index (κ2) is 6.53. The molecule has 108 valence electrons. The minimum absolute atomic E-state index is 0.180. The van der Waals surface area contributed by atoms with Gasteiger partial charge >= 0.3 is 0 Å². The van der Waals surface area contributed by atoms with E-state index in [1.165, 1.54) is 0 Å². The highest BCUT2D eigenvalue weighted by Crippen LogP contribution is 2.21. The van der Waals surface area contributed by atoms with Crippen LogP contribution in [0.4, 0.5) is 0 Å². The van der Waals surface area contributed by atoms with Crippen molar-refractivity contribution in [3.63, 3.8) is 0 Å². The Kier molecular flexibility index (Phi) is 5.56. The Morgan fingerprint density at radius 2 is 1.74 bits per heavy atom. The van der Waals surface area contributed by atoms with Crippen molar-refractivity contribution in [3.8, 4) is 0 Å². The fourth-order valence-corrected chi connectivity index (χ4v) is 3.25. The second-order valence-corrected chi connectivity index (χ2v) is 8.11. The molecule has 0 spiro atoms. The molecule has 0 aliphatic heterocycles. The van der Waals surface area contributed by atoms with E-state index < -0.39 is 10.0 Å². The highest BCUT2D eigenvalue weighted by atomic mass is 32.2. The molecule has 1 N–H and O–H groups in total. The van der Waals surface area contributed by atoms with E-state index >= 15 is 0 Å². The molecule has 0 aliphatic carbocycles. The predicted molar refractivity (Wildman–Crippen MR) is 80.5 cm³/mol. The van der Waals surface area contributed by atoms with Crippen LogP contribution in [0.25, 0.3) is 0 Å². The summed E-state index contributed by atoms with van der Waals surface area (Å²) in [4.78, 5) is 0. The molecule has 0 heterocycles. The Balaban J connectivity index is 2.51. The highest BCUT2D eigenvalue weighted by molar-refractivity contribution is 7.89. The van der Waals surface area contributed by atoms with E-state index in [9.17, 15) is 8.42 Å². The fraction of sp³-hybridized carbons (Fsp3) is 0.600. The Hall–Kier alpha value is -0.870. The molecule has 1 aromatic rings. The molecule has 0 radical (unpaired) electrons. The van der Waals surface area contributed by atoms with E-state index in [1.807, 2.05) is 37.3 Å². The number of nitrogens with one attached hydrogen (secondary N) is 1. The van der Waals surface area contributed by atoms with Crippen LogP contribution in [0.5, 0.6) is 0 Å². The van der Waals surface area contributed by atoms with Gasteiger partial charge in [0.15, 0.2) is 0 Å². The third kappa shape index (κ3) is 6.73. The first-order valence-corrected chi connectivity index (χ1v) is 8.40. The van der Waals surface area contributed by atoms with Crippen LogP contribution in [-0.2, 0) is 10.0 Å². The zero-order valence-corrected chi connectivity index (χ0v) is 13.1. The molecule has 0 aliphatic rings. The monoisotopic (exact) mass is 283 g/mol. The summed E-state index contributed by atoms with van der Waals surface area (Å²) in [6.45, 7) is 8.25. The summed E-state index contributed by atoms with van der Waals surface area (Å²) in [5.41, 5.74) is 1.17. The van der Waals surface area contributed by atoms with Crippen molar-refractivity contribution >= 4 is 10.0 Å². The minimum Gasteiger partial charge on any atom is -0.212 e. The lowest BCUT2D eigenvalue weighted by Crippen LogP contribution is -2.29. The molecule has 0 fully saturated rings. The minimum atomic E-state index is -3.20. The molecule has 1 rings (SSSR count). The number of benzene rings is 1. The number of sulfonamides is 1. The van der Waals surface area contributed by atoms with Crippen LogP contribution in [0.2, 0.25) is 0 Å². The summed E-state index contributed by atoms with van der Waals surface area (Å²) in [6.07, 6.45) is 1.61. The van der Waals surface area contributed by atoms with Crippen molar-refractivity contribution in [1.29, 1.82) is 0 Å². The van der Waals surface area contributed by atoms with Gasteiger partial charge in [0.05, 0.1) is 5.75 Å². The van der Waals surface area contributed by atoms with Crippen LogP contribution in [0, 0.1) is 5.41 Å². The summed E-state index contributed by atoms with van der Waals surface area (Å²) < 4.78 is 26.7. The molecule has 0 bridgehead atoms. The summed E-state index contributed by atoms with van der Waals surface area (Å²) in [7, 11) is -3.20. The lowest BCUT2D eigenvalue weighted by molar-refractivity contribution is 0.373. The molecule has 19 heavy (non-hydrogen) atoms. The van der Waals surface area contributed by atoms with Gasteiger partial charge in [-0.15, -0.1) is 0 Å². The van der Waals surface area contributed by atoms with E-state index in [2.05, 4.69) is 25.5 Å². The maximum atomic E-state index is 12.0. The smallest absolute Gasteiger partial charge is 0.212 e. The third-order valence-electron chi connectivity index (χ3n) is 3.00. The quantitative estimate of drug-likeness (QED) is 0.868. The molecule has 1 aromatic carbocycles. The zero-order valence-electron chi connectivity index (χ0n) is 12.3. The summed E-state index contributed by atoms with van der Waals surface area (Å²) in [6, 6.07) is 9.44. The fourth-order valence-electron chi connectivity index (χ4n) is 1.93. The van der Waals surface area contributed by atoms with Crippen molar-refractivity contribution < 1.29 is 8.42 Å². The van der Waals surface area contributed by atoms with Crippen LogP contribution >= 0.6 is 0 Å². The van der Waals surface area contributed by atoms with Gasteiger partial charge in [-0.1, -0.05) is 51.1 Å². The maximum Gasteiger partial charge on any atom is 0.212 e. The highest BCUT2D eigenvalue weighted by Gasteiger charge is 2.17. The van der Waals surface area contributed by atoms with Gasteiger partial charge in [-0.05, 0) is 30.7 Å². The number of rotatable bonds is 6. The topological polar surface area (TPSA) is 46.2 Å². The van der Waals surface area contributed by atoms with Crippen molar-refractivity contribution in [2.45, 2.75) is 46.6 Å². The van der Waals surface area contributed by atoms with Gasteiger partial charge in [0, 0.05) is 6.04 Å². The van der Waals surface area contributed by atoms with Crippen LogP contribution < -0.4 is 4.72 Å². The standard InChI is InChI=1S/C15H25NO2S/c1-13(14-9-6-5-7-10-14)16-19(17,18)12-8-11-15(2,3)4/h5-7,9-10,13,16H,8,11-12H2,1-4H3/t13-/m0/s1. The SMILES string of the molecule is C[C@H](NS(=O)(=O)CCCC(C)(C)C)c1ccccc1. The van der Waals surface area contributed by atoms with Gasteiger partial charge in [-0.25, -0.2) is 13.1 Å². The molecule has 4 heteroatoms. The molecule has 1 atom stereocenters.